The second-order valence-electron chi connectivity index (χ2n) is 5.17. The van der Waals surface area contributed by atoms with Crippen molar-refractivity contribution in [3.8, 4) is 0 Å². The molecule has 1 heterocycles. The Kier molecular flexibility index (Phi) is 4.25. The summed E-state index contributed by atoms with van der Waals surface area (Å²) in [6.45, 7) is 0. The Hall–Kier alpha value is -3.55. The van der Waals surface area contributed by atoms with Gasteiger partial charge in [0.1, 0.15) is 5.84 Å². The number of nitrogens with zero attached hydrogens (tertiary/aromatic N) is 2. The highest BCUT2D eigenvalue weighted by Gasteiger charge is 2.11. The maximum atomic E-state index is 13.2. The molecule has 0 aliphatic rings. The molecule has 0 spiro atoms. The van der Waals surface area contributed by atoms with E-state index in [1.54, 1.807) is 24.3 Å². The van der Waals surface area contributed by atoms with Crippen LogP contribution in [-0.2, 0) is 0 Å². The molecule has 0 fully saturated rings. The highest BCUT2D eigenvalue weighted by molar-refractivity contribution is 6.07. The molecule has 5 N–H and O–H groups in total. The number of aromatic amines is 1. The van der Waals surface area contributed by atoms with Crippen LogP contribution in [0.15, 0.2) is 53.5 Å². The first-order valence-corrected chi connectivity index (χ1v) is 7.20. The Labute approximate surface area is 140 Å². The molecule has 0 bridgehead atoms. The number of H-pyrrole nitrogens is 1. The summed E-state index contributed by atoms with van der Waals surface area (Å²) in [5.74, 6) is -2.86. The summed E-state index contributed by atoms with van der Waals surface area (Å²) < 4.78 is 26.2. The van der Waals surface area contributed by atoms with Crippen molar-refractivity contribution in [3.05, 3.63) is 71.6 Å². The van der Waals surface area contributed by atoms with Crippen LogP contribution in [0.1, 0.15) is 16.2 Å². The van der Waals surface area contributed by atoms with E-state index in [1.807, 2.05) is 0 Å². The number of carbonyl (C=O) groups is 1. The lowest BCUT2D eigenvalue weighted by molar-refractivity contribution is 0.0994. The fraction of sp³-hybridized carbons (Fsp3) is 0. The zero-order valence-electron chi connectivity index (χ0n) is 12.8. The quantitative estimate of drug-likeness (QED) is 0.501. The molecule has 3 rings (SSSR count). The number of halogens is 2. The van der Waals surface area contributed by atoms with Gasteiger partial charge in [0, 0.05) is 17.3 Å². The minimum Gasteiger partial charge on any atom is -0.398 e. The number of imidazole rings is 1. The third-order valence-electron chi connectivity index (χ3n) is 3.38. The predicted molar refractivity (Wildman–Crippen MR) is 90.6 cm³/mol. The van der Waals surface area contributed by atoms with Crippen molar-refractivity contribution in [1.29, 1.82) is 0 Å². The SMILES string of the molecule is NC(/C=C(\N)c1ccc(F)c(F)c1)=NC(=O)c1nc2ccccc2[nH]1. The molecule has 0 aliphatic carbocycles. The van der Waals surface area contributed by atoms with E-state index < -0.39 is 17.5 Å². The number of benzene rings is 2. The van der Waals surface area contributed by atoms with Gasteiger partial charge in [0.05, 0.1) is 11.0 Å². The van der Waals surface area contributed by atoms with Gasteiger partial charge in [-0.1, -0.05) is 12.1 Å². The van der Waals surface area contributed by atoms with E-state index in [1.165, 1.54) is 12.1 Å². The molecule has 6 nitrogen and oxygen atoms in total. The van der Waals surface area contributed by atoms with Crippen LogP contribution in [0, 0.1) is 11.6 Å². The zero-order chi connectivity index (χ0) is 18.0. The number of aliphatic imine (C=N–C) groups is 1. The van der Waals surface area contributed by atoms with Crippen molar-refractivity contribution in [3.63, 3.8) is 0 Å². The van der Waals surface area contributed by atoms with E-state index in [2.05, 4.69) is 15.0 Å². The highest BCUT2D eigenvalue weighted by Crippen LogP contribution is 2.14. The van der Waals surface area contributed by atoms with Gasteiger partial charge in [0.25, 0.3) is 0 Å². The predicted octanol–water partition coefficient (Wildman–Crippen LogP) is 2.34. The summed E-state index contributed by atoms with van der Waals surface area (Å²) in [6, 6.07) is 10.3. The number of rotatable bonds is 3. The third-order valence-corrected chi connectivity index (χ3v) is 3.38. The normalized spacial score (nSPS) is 12.6. The van der Waals surface area contributed by atoms with Crippen molar-refractivity contribution in [2.75, 3.05) is 0 Å². The van der Waals surface area contributed by atoms with Gasteiger partial charge in [-0.15, -0.1) is 0 Å². The number of amidine groups is 1. The van der Waals surface area contributed by atoms with Crippen LogP contribution in [0.25, 0.3) is 16.7 Å². The van der Waals surface area contributed by atoms with Crippen LogP contribution >= 0.6 is 0 Å². The van der Waals surface area contributed by atoms with E-state index in [4.69, 9.17) is 11.5 Å². The van der Waals surface area contributed by atoms with Crippen molar-refractivity contribution in [2.45, 2.75) is 0 Å². The molecule has 2 aromatic carbocycles. The van der Waals surface area contributed by atoms with Crippen molar-refractivity contribution in [1.82, 2.24) is 9.97 Å². The molecule has 1 aromatic heterocycles. The van der Waals surface area contributed by atoms with Gasteiger partial charge in [-0.05, 0) is 30.3 Å². The van der Waals surface area contributed by atoms with Crippen molar-refractivity contribution < 1.29 is 13.6 Å². The number of hydrogen-bond donors (Lipinski definition) is 3. The maximum absolute atomic E-state index is 13.2. The van der Waals surface area contributed by atoms with Gasteiger partial charge in [0.15, 0.2) is 17.5 Å². The second kappa shape index (κ2) is 6.52. The number of nitrogens with two attached hydrogens (primary N) is 2. The van der Waals surface area contributed by atoms with Crippen LogP contribution in [0.4, 0.5) is 8.78 Å². The summed E-state index contributed by atoms with van der Waals surface area (Å²) in [6.07, 6.45) is 1.19. The van der Waals surface area contributed by atoms with Crippen LogP contribution in [0.2, 0.25) is 0 Å². The molecule has 1 amide bonds. The lowest BCUT2D eigenvalue weighted by Crippen LogP contribution is -2.14. The van der Waals surface area contributed by atoms with Crippen molar-refractivity contribution in [2.24, 2.45) is 16.5 Å². The molecule has 0 radical (unpaired) electrons. The van der Waals surface area contributed by atoms with E-state index in [0.29, 0.717) is 11.0 Å². The first-order valence-electron chi connectivity index (χ1n) is 7.20. The number of carbonyl (C=O) groups excluding carboxylic acids is 1. The smallest absolute Gasteiger partial charge is 0.314 e. The first-order chi connectivity index (χ1) is 11.9. The minimum absolute atomic E-state index is 0.0314. The van der Waals surface area contributed by atoms with Gasteiger partial charge >= 0.3 is 5.91 Å². The Morgan fingerprint density at radius 3 is 2.60 bits per heavy atom. The van der Waals surface area contributed by atoms with Gasteiger partial charge in [-0.2, -0.15) is 4.99 Å². The zero-order valence-corrected chi connectivity index (χ0v) is 12.8. The Morgan fingerprint density at radius 2 is 1.88 bits per heavy atom. The monoisotopic (exact) mass is 341 g/mol. The standard InChI is InChI=1S/C17H13F2N5O/c18-10-6-5-9(7-11(10)19)12(20)8-15(21)24-17(25)16-22-13-3-1-2-4-14(13)23-16/h1-8H,20H2,(H,22,23)(H2,21,24,25)/b12-8-. The Bertz CT molecular complexity index is 990. The molecular formula is C17H13F2N5O. The molecule has 0 aliphatic heterocycles. The van der Waals surface area contributed by atoms with Crippen LogP contribution in [-0.4, -0.2) is 21.7 Å². The molecule has 0 saturated heterocycles. The fourth-order valence-electron chi connectivity index (χ4n) is 2.17. The minimum atomic E-state index is -1.04. The Balaban J connectivity index is 1.84. The van der Waals surface area contributed by atoms with E-state index in [-0.39, 0.29) is 22.9 Å². The molecule has 126 valence electrons. The summed E-state index contributed by atoms with van der Waals surface area (Å²) in [7, 11) is 0. The fourth-order valence-corrected chi connectivity index (χ4v) is 2.17. The largest absolute Gasteiger partial charge is 0.398 e. The van der Waals surface area contributed by atoms with Crippen LogP contribution in [0.5, 0.6) is 0 Å². The average Bonchev–Trinajstić information content (AvgIpc) is 3.01. The lowest BCUT2D eigenvalue weighted by atomic mass is 10.1. The number of fused-ring (bicyclic) bond motifs is 1. The topological polar surface area (TPSA) is 110 Å². The van der Waals surface area contributed by atoms with Crippen LogP contribution < -0.4 is 11.5 Å². The Morgan fingerprint density at radius 1 is 1.12 bits per heavy atom. The summed E-state index contributed by atoms with van der Waals surface area (Å²) in [5.41, 5.74) is 13.0. The maximum Gasteiger partial charge on any atom is 0.314 e. The van der Waals surface area contributed by atoms with Gasteiger partial charge < -0.3 is 16.5 Å². The summed E-state index contributed by atoms with van der Waals surface area (Å²) in [4.78, 5) is 22.7. The average molecular weight is 341 g/mol. The first kappa shape index (κ1) is 16.3. The summed E-state index contributed by atoms with van der Waals surface area (Å²) >= 11 is 0. The number of aromatic nitrogens is 2. The molecule has 25 heavy (non-hydrogen) atoms. The number of hydrogen-bond acceptors (Lipinski definition) is 3. The second-order valence-corrected chi connectivity index (χ2v) is 5.17. The lowest BCUT2D eigenvalue weighted by Gasteiger charge is -2.02. The number of para-hydroxylation sites is 2. The number of amides is 1. The highest BCUT2D eigenvalue weighted by atomic mass is 19.2. The van der Waals surface area contributed by atoms with E-state index in [0.717, 1.165) is 12.1 Å². The molecule has 8 heteroatoms. The van der Waals surface area contributed by atoms with Crippen molar-refractivity contribution >= 4 is 28.5 Å². The molecule has 0 unspecified atom stereocenters. The number of nitrogens with one attached hydrogen (secondary N) is 1. The molecule has 3 aromatic rings. The van der Waals surface area contributed by atoms with Gasteiger partial charge in [-0.3, -0.25) is 4.79 Å². The third kappa shape index (κ3) is 3.52. The molecule has 0 atom stereocenters. The summed E-state index contributed by atoms with van der Waals surface area (Å²) in [5, 5.41) is 0. The molecule has 0 saturated carbocycles. The van der Waals surface area contributed by atoms with Crippen LogP contribution in [0.3, 0.4) is 0 Å². The van der Waals surface area contributed by atoms with E-state index in [9.17, 15) is 13.6 Å². The molecular weight excluding hydrogens is 328 g/mol. The van der Waals surface area contributed by atoms with Gasteiger partial charge in [0.2, 0.25) is 0 Å². The van der Waals surface area contributed by atoms with Gasteiger partial charge in [-0.25, -0.2) is 13.8 Å². The van der Waals surface area contributed by atoms with E-state index >= 15 is 0 Å².